The molecule has 0 aromatic carbocycles. The van der Waals surface area contributed by atoms with Gasteiger partial charge in [-0.05, 0) is 6.26 Å². The molecule has 0 aliphatic carbocycles. The first-order valence-corrected chi connectivity index (χ1v) is 6.94. The summed E-state index contributed by atoms with van der Waals surface area (Å²) in [5.41, 5.74) is 5.36. The van der Waals surface area contributed by atoms with Crippen molar-refractivity contribution in [2.24, 2.45) is 5.73 Å². The summed E-state index contributed by atoms with van der Waals surface area (Å²) in [5.74, 6) is 0.168. The minimum atomic E-state index is -0.514. The molecule has 1 aromatic heterocycles. The zero-order chi connectivity index (χ0) is 13.1. The van der Waals surface area contributed by atoms with Crippen molar-refractivity contribution in [3.8, 4) is 0 Å². The minimum Gasteiger partial charge on any atom is -0.377 e. The lowest BCUT2D eigenvalue weighted by molar-refractivity contribution is -0.121. The van der Waals surface area contributed by atoms with Crippen LogP contribution in [0.4, 0.5) is 5.82 Å². The lowest BCUT2D eigenvalue weighted by Gasteiger charge is -2.34. The van der Waals surface area contributed by atoms with Crippen LogP contribution in [0.5, 0.6) is 0 Å². The molecule has 0 bridgehead atoms. The van der Waals surface area contributed by atoms with E-state index in [1.165, 1.54) is 11.8 Å². The standard InChI is InChI=1S/C10H13ClN4O2S/c1-18-10-13-7(11)4-8(14-10)15-2-3-17-5-6(15)9(12)16/h4,6H,2-3,5H2,1H3,(H2,12,16). The van der Waals surface area contributed by atoms with Gasteiger partial charge in [-0.1, -0.05) is 23.4 Å². The summed E-state index contributed by atoms with van der Waals surface area (Å²) in [6.45, 7) is 1.35. The van der Waals surface area contributed by atoms with Gasteiger partial charge in [0.2, 0.25) is 5.91 Å². The molecule has 0 spiro atoms. The van der Waals surface area contributed by atoms with Gasteiger partial charge >= 0.3 is 0 Å². The SMILES string of the molecule is CSc1nc(Cl)cc(N2CCOCC2C(N)=O)n1. The fourth-order valence-corrected chi connectivity index (χ4v) is 2.34. The second-order valence-corrected chi connectivity index (χ2v) is 4.88. The average molecular weight is 289 g/mol. The Morgan fingerprint density at radius 1 is 1.67 bits per heavy atom. The van der Waals surface area contributed by atoms with Crippen molar-refractivity contribution in [2.75, 3.05) is 30.9 Å². The first-order chi connectivity index (χ1) is 8.61. The van der Waals surface area contributed by atoms with Crippen molar-refractivity contribution in [3.63, 3.8) is 0 Å². The Morgan fingerprint density at radius 3 is 3.11 bits per heavy atom. The summed E-state index contributed by atoms with van der Waals surface area (Å²) in [6.07, 6.45) is 1.86. The van der Waals surface area contributed by atoms with E-state index in [-0.39, 0.29) is 6.61 Å². The highest BCUT2D eigenvalue weighted by molar-refractivity contribution is 7.98. The molecule has 1 saturated heterocycles. The van der Waals surface area contributed by atoms with Crippen molar-refractivity contribution in [2.45, 2.75) is 11.2 Å². The lowest BCUT2D eigenvalue weighted by Crippen LogP contribution is -2.53. The Bertz CT molecular complexity index is 460. The third kappa shape index (κ3) is 2.85. The van der Waals surface area contributed by atoms with Gasteiger partial charge in [-0.3, -0.25) is 4.79 Å². The molecule has 1 unspecified atom stereocenters. The molecule has 0 radical (unpaired) electrons. The predicted molar refractivity (Wildman–Crippen MR) is 70.0 cm³/mol. The van der Waals surface area contributed by atoms with E-state index in [2.05, 4.69) is 9.97 Å². The van der Waals surface area contributed by atoms with Crippen LogP contribution in [0.25, 0.3) is 0 Å². The number of aromatic nitrogens is 2. The van der Waals surface area contributed by atoms with Crippen molar-refractivity contribution in [3.05, 3.63) is 11.2 Å². The molecule has 1 aliphatic rings. The molecule has 98 valence electrons. The van der Waals surface area contributed by atoms with Gasteiger partial charge in [-0.2, -0.15) is 0 Å². The molecule has 18 heavy (non-hydrogen) atoms. The zero-order valence-electron chi connectivity index (χ0n) is 9.80. The number of anilines is 1. The molecule has 2 heterocycles. The molecule has 0 saturated carbocycles. The second-order valence-electron chi connectivity index (χ2n) is 3.72. The molecule has 2 rings (SSSR count). The Hall–Kier alpha value is -1.05. The summed E-state index contributed by atoms with van der Waals surface area (Å²) in [4.78, 5) is 21.6. The van der Waals surface area contributed by atoms with E-state index in [0.717, 1.165) is 0 Å². The summed E-state index contributed by atoms with van der Waals surface area (Å²) in [7, 11) is 0. The summed E-state index contributed by atoms with van der Waals surface area (Å²) < 4.78 is 5.26. The number of carbonyl (C=O) groups is 1. The number of halogens is 1. The van der Waals surface area contributed by atoms with Gasteiger partial charge in [0.25, 0.3) is 0 Å². The molecule has 6 nitrogen and oxygen atoms in total. The quantitative estimate of drug-likeness (QED) is 0.497. The number of hydrogen-bond acceptors (Lipinski definition) is 6. The van der Waals surface area contributed by atoms with Crippen molar-refractivity contribution in [1.82, 2.24) is 9.97 Å². The number of rotatable bonds is 3. The monoisotopic (exact) mass is 288 g/mol. The fourth-order valence-electron chi connectivity index (χ4n) is 1.74. The third-order valence-electron chi connectivity index (χ3n) is 2.59. The number of ether oxygens (including phenoxy) is 1. The largest absolute Gasteiger partial charge is 0.377 e. The van der Waals surface area contributed by atoms with E-state index in [1.807, 2.05) is 6.26 Å². The Balaban J connectivity index is 2.33. The summed E-state index contributed by atoms with van der Waals surface area (Å²) >= 11 is 7.33. The van der Waals surface area contributed by atoms with Crippen LogP contribution in [-0.4, -0.2) is 47.9 Å². The maximum atomic E-state index is 11.4. The maximum absolute atomic E-state index is 11.4. The van der Waals surface area contributed by atoms with E-state index in [0.29, 0.717) is 29.3 Å². The number of carbonyl (C=O) groups excluding carboxylic acids is 1. The topological polar surface area (TPSA) is 81.3 Å². The maximum Gasteiger partial charge on any atom is 0.242 e. The van der Waals surface area contributed by atoms with Gasteiger partial charge in [0.15, 0.2) is 5.16 Å². The Morgan fingerprint density at radius 2 is 2.44 bits per heavy atom. The zero-order valence-corrected chi connectivity index (χ0v) is 11.4. The van der Waals surface area contributed by atoms with Crippen molar-refractivity contribution in [1.29, 1.82) is 0 Å². The molecule has 2 N–H and O–H groups in total. The van der Waals surface area contributed by atoms with Crippen LogP contribution in [0.2, 0.25) is 5.15 Å². The number of hydrogen-bond donors (Lipinski definition) is 1. The number of nitrogens with zero attached hydrogens (tertiary/aromatic N) is 3. The molecular formula is C10H13ClN4O2S. The van der Waals surface area contributed by atoms with E-state index in [1.54, 1.807) is 11.0 Å². The number of morpholine rings is 1. The van der Waals surface area contributed by atoms with Gasteiger partial charge in [-0.25, -0.2) is 9.97 Å². The van der Waals surface area contributed by atoms with Crippen LogP contribution in [0, 0.1) is 0 Å². The van der Waals surface area contributed by atoms with E-state index in [4.69, 9.17) is 22.1 Å². The van der Waals surface area contributed by atoms with Gasteiger partial charge in [-0.15, -0.1) is 0 Å². The van der Waals surface area contributed by atoms with Crippen molar-refractivity contribution >= 4 is 35.1 Å². The first-order valence-electron chi connectivity index (χ1n) is 5.34. The molecular weight excluding hydrogens is 276 g/mol. The van der Waals surface area contributed by atoms with Crippen LogP contribution in [0.3, 0.4) is 0 Å². The van der Waals surface area contributed by atoms with Gasteiger partial charge in [0.1, 0.15) is 17.0 Å². The van der Waals surface area contributed by atoms with Crippen molar-refractivity contribution < 1.29 is 9.53 Å². The normalized spacial score (nSPS) is 19.9. The summed E-state index contributed by atoms with van der Waals surface area (Å²) in [5, 5.41) is 0.909. The molecule has 1 aromatic rings. The smallest absolute Gasteiger partial charge is 0.242 e. The molecule has 1 atom stereocenters. The number of amides is 1. The first kappa shape index (κ1) is 13.4. The fraction of sp³-hybridized carbons (Fsp3) is 0.500. The molecule has 8 heteroatoms. The highest BCUT2D eigenvalue weighted by atomic mass is 35.5. The van der Waals surface area contributed by atoms with Gasteiger partial charge in [0.05, 0.1) is 13.2 Å². The lowest BCUT2D eigenvalue weighted by atomic mass is 10.2. The minimum absolute atomic E-state index is 0.269. The van der Waals surface area contributed by atoms with Crippen LogP contribution in [0.15, 0.2) is 11.2 Å². The highest BCUT2D eigenvalue weighted by Gasteiger charge is 2.29. The van der Waals surface area contributed by atoms with Gasteiger partial charge < -0.3 is 15.4 Å². The average Bonchev–Trinajstić information content (AvgIpc) is 2.38. The Kier molecular flexibility index (Phi) is 4.26. The molecule has 1 aliphatic heterocycles. The van der Waals surface area contributed by atoms with Crippen LogP contribution in [0.1, 0.15) is 0 Å². The third-order valence-corrected chi connectivity index (χ3v) is 3.34. The number of primary amides is 1. The van der Waals surface area contributed by atoms with Crippen LogP contribution in [-0.2, 0) is 9.53 Å². The predicted octanol–water partition coefficient (Wildman–Crippen LogP) is 0.542. The number of nitrogens with two attached hydrogens (primary N) is 1. The van der Waals surface area contributed by atoms with E-state index < -0.39 is 11.9 Å². The van der Waals surface area contributed by atoms with Gasteiger partial charge in [0, 0.05) is 12.6 Å². The van der Waals surface area contributed by atoms with E-state index >= 15 is 0 Å². The van der Waals surface area contributed by atoms with Crippen LogP contribution < -0.4 is 10.6 Å². The molecule has 1 fully saturated rings. The summed E-state index contributed by atoms with van der Waals surface area (Å²) in [6, 6.07) is 1.11. The van der Waals surface area contributed by atoms with Crippen LogP contribution >= 0.6 is 23.4 Å². The second kappa shape index (κ2) is 5.73. The Labute approximate surface area is 114 Å². The highest BCUT2D eigenvalue weighted by Crippen LogP contribution is 2.23. The number of thioether (sulfide) groups is 1. The van der Waals surface area contributed by atoms with E-state index in [9.17, 15) is 4.79 Å². The molecule has 1 amide bonds.